The SMILES string of the molecule is Cc1cc(C=Nc2ccc(Oc3ccccc3Cl)cc2)cn1C(C)C. The Morgan fingerprint density at radius 2 is 1.80 bits per heavy atom. The summed E-state index contributed by atoms with van der Waals surface area (Å²) in [5, 5.41) is 0.592. The summed E-state index contributed by atoms with van der Waals surface area (Å²) in [6.07, 6.45) is 4.01. The van der Waals surface area contributed by atoms with Gasteiger partial charge in [-0.05, 0) is 63.2 Å². The van der Waals surface area contributed by atoms with E-state index in [-0.39, 0.29) is 0 Å². The molecule has 3 nitrogen and oxygen atoms in total. The Morgan fingerprint density at radius 3 is 2.44 bits per heavy atom. The summed E-state index contributed by atoms with van der Waals surface area (Å²) in [6.45, 7) is 6.45. The third kappa shape index (κ3) is 4.31. The third-order valence-electron chi connectivity index (χ3n) is 3.89. The van der Waals surface area contributed by atoms with Gasteiger partial charge < -0.3 is 9.30 Å². The molecule has 0 aliphatic carbocycles. The highest BCUT2D eigenvalue weighted by molar-refractivity contribution is 6.32. The Labute approximate surface area is 153 Å². The average molecular weight is 353 g/mol. The molecule has 0 unspecified atom stereocenters. The monoisotopic (exact) mass is 352 g/mol. The van der Waals surface area contributed by atoms with Gasteiger partial charge in [-0.2, -0.15) is 0 Å². The van der Waals surface area contributed by atoms with Crippen molar-refractivity contribution in [3.63, 3.8) is 0 Å². The van der Waals surface area contributed by atoms with Crippen molar-refractivity contribution in [1.82, 2.24) is 4.57 Å². The van der Waals surface area contributed by atoms with Gasteiger partial charge in [0, 0.05) is 29.7 Å². The van der Waals surface area contributed by atoms with Gasteiger partial charge in [-0.3, -0.25) is 4.99 Å². The van der Waals surface area contributed by atoms with E-state index in [4.69, 9.17) is 16.3 Å². The van der Waals surface area contributed by atoms with Crippen LogP contribution >= 0.6 is 11.6 Å². The van der Waals surface area contributed by atoms with Gasteiger partial charge in [-0.15, -0.1) is 0 Å². The van der Waals surface area contributed by atoms with Crippen LogP contribution in [0.5, 0.6) is 11.5 Å². The standard InChI is InChI=1S/C21H21ClN2O/c1-15(2)24-14-17(12-16(24)3)13-23-18-8-10-19(11-9-18)25-21-7-5-4-6-20(21)22/h4-15H,1-3H3. The van der Waals surface area contributed by atoms with E-state index >= 15 is 0 Å². The van der Waals surface area contributed by atoms with Crippen LogP contribution in [0, 0.1) is 6.92 Å². The van der Waals surface area contributed by atoms with Gasteiger partial charge >= 0.3 is 0 Å². The first-order valence-electron chi connectivity index (χ1n) is 8.28. The van der Waals surface area contributed by atoms with Crippen LogP contribution in [0.3, 0.4) is 0 Å². The van der Waals surface area contributed by atoms with Crippen molar-refractivity contribution in [3.8, 4) is 11.5 Å². The molecule has 25 heavy (non-hydrogen) atoms. The van der Waals surface area contributed by atoms with Crippen LogP contribution in [-0.4, -0.2) is 10.8 Å². The average Bonchev–Trinajstić information content (AvgIpc) is 2.97. The normalized spacial score (nSPS) is 11.4. The van der Waals surface area contributed by atoms with Gasteiger partial charge in [0.25, 0.3) is 0 Å². The molecular formula is C21H21ClN2O. The molecule has 1 heterocycles. The number of hydrogen-bond donors (Lipinski definition) is 0. The van der Waals surface area contributed by atoms with E-state index in [2.05, 4.69) is 42.6 Å². The molecule has 3 aromatic rings. The number of hydrogen-bond acceptors (Lipinski definition) is 2. The van der Waals surface area contributed by atoms with Crippen LogP contribution in [0.2, 0.25) is 5.02 Å². The smallest absolute Gasteiger partial charge is 0.146 e. The molecular weight excluding hydrogens is 332 g/mol. The Balaban J connectivity index is 1.70. The van der Waals surface area contributed by atoms with Gasteiger partial charge in [0.05, 0.1) is 10.7 Å². The molecule has 0 aliphatic heterocycles. The first kappa shape index (κ1) is 17.3. The van der Waals surface area contributed by atoms with Gasteiger partial charge in [0.1, 0.15) is 11.5 Å². The van der Waals surface area contributed by atoms with Crippen LogP contribution in [0.1, 0.15) is 31.1 Å². The molecule has 0 atom stereocenters. The van der Waals surface area contributed by atoms with E-state index in [1.165, 1.54) is 5.69 Å². The number of nitrogens with zero attached hydrogens (tertiary/aromatic N) is 2. The highest BCUT2D eigenvalue weighted by atomic mass is 35.5. The maximum Gasteiger partial charge on any atom is 0.146 e. The second-order valence-corrected chi connectivity index (χ2v) is 6.61. The van der Waals surface area contributed by atoms with E-state index < -0.39 is 0 Å². The number of aromatic nitrogens is 1. The largest absolute Gasteiger partial charge is 0.456 e. The van der Waals surface area contributed by atoms with Crippen molar-refractivity contribution in [2.75, 3.05) is 0 Å². The first-order chi connectivity index (χ1) is 12.0. The molecule has 0 N–H and O–H groups in total. The van der Waals surface area contributed by atoms with Crippen molar-refractivity contribution in [2.45, 2.75) is 26.8 Å². The second kappa shape index (κ2) is 7.58. The number of benzene rings is 2. The summed E-state index contributed by atoms with van der Waals surface area (Å²) in [4.78, 5) is 4.54. The van der Waals surface area contributed by atoms with E-state index in [9.17, 15) is 0 Å². The fourth-order valence-corrected chi connectivity index (χ4v) is 2.82. The molecule has 0 saturated carbocycles. The van der Waals surface area contributed by atoms with E-state index in [0.717, 1.165) is 17.0 Å². The number of rotatable bonds is 5. The maximum absolute atomic E-state index is 6.11. The van der Waals surface area contributed by atoms with Crippen molar-refractivity contribution >= 4 is 23.5 Å². The minimum atomic E-state index is 0.448. The second-order valence-electron chi connectivity index (χ2n) is 6.20. The Kier molecular flexibility index (Phi) is 5.25. The van der Waals surface area contributed by atoms with E-state index in [0.29, 0.717) is 16.8 Å². The van der Waals surface area contributed by atoms with Crippen LogP contribution in [-0.2, 0) is 0 Å². The number of para-hydroxylation sites is 1. The van der Waals surface area contributed by atoms with Gasteiger partial charge in [0.2, 0.25) is 0 Å². The fourth-order valence-electron chi connectivity index (χ4n) is 2.65. The maximum atomic E-state index is 6.11. The highest BCUT2D eigenvalue weighted by Crippen LogP contribution is 2.29. The zero-order valence-electron chi connectivity index (χ0n) is 14.6. The summed E-state index contributed by atoms with van der Waals surface area (Å²) in [7, 11) is 0. The molecule has 0 bridgehead atoms. The van der Waals surface area contributed by atoms with Gasteiger partial charge in [0.15, 0.2) is 0 Å². The van der Waals surface area contributed by atoms with Gasteiger partial charge in [-0.1, -0.05) is 23.7 Å². The minimum absolute atomic E-state index is 0.448. The lowest BCUT2D eigenvalue weighted by Crippen LogP contribution is -2.00. The number of ether oxygens (including phenoxy) is 1. The predicted molar refractivity (Wildman–Crippen MR) is 105 cm³/mol. The third-order valence-corrected chi connectivity index (χ3v) is 4.20. The van der Waals surface area contributed by atoms with Crippen LogP contribution in [0.4, 0.5) is 5.69 Å². The molecule has 4 heteroatoms. The molecule has 0 fully saturated rings. The summed E-state index contributed by atoms with van der Waals surface area (Å²) in [5.74, 6) is 1.37. The lowest BCUT2D eigenvalue weighted by Gasteiger charge is -2.08. The first-order valence-corrected chi connectivity index (χ1v) is 8.66. The van der Waals surface area contributed by atoms with Crippen LogP contribution in [0.15, 0.2) is 65.8 Å². The summed E-state index contributed by atoms with van der Waals surface area (Å²) in [5.41, 5.74) is 3.21. The van der Waals surface area contributed by atoms with E-state index in [1.54, 1.807) is 6.07 Å². The van der Waals surface area contributed by atoms with Crippen molar-refractivity contribution in [2.24, 2.45) is 4.99 Å². The van der Waals surface area contributed by atoms with Gasteiger partial charge in [-0.25, -0.2) is 0 Å². The fraction of sp³-hybridized carbons (Fsp3) is 0.190. The summed E-state index contributed by atoms with van der Waals surface area (Å²) < 4.78 is 8.02. The van der Waals surface area contributed by atoms with Crippen LogP contribution in [0.25, 0.3) is 0 Å². The molecule has 0 radical (unpaired) electrons. The summed E-state index contributed by atoms with van der Waals surface area (Å²) >= 11 is 6.11. The van der Waals surface area contributed by atoms with Crippen molar-refractivity contribution in [3.05, 3.63) is 77.1 Å². The summed E-state index contributed by atoms with van der Waals surface area (Å²) in [6, 6.07) is 17.6. The Bertz CT molecular complexity index is 879. The molecule has 1 aromatic heterocycles. The predicted octanol–water partition coefficient (Wildman–Crippen LogP) is 6.57. The zero-order chi connectivity index (χ0) is 17.8. The lowest BCUT2D eigenvalue weighted by atomic mass is 10.3. The lowest BCUT2D eigenvalue weighted by molar-refractivity contribution is 0.483. The van der Waals surface area contributed by atoms with Crippen LogP contribution < -0.4 is 4.74 Å². The molecule has 128 valence electrons. The number of halogens is 1. The molecule has 2 aromatic carbocycles. The van der Waals surface area contributed by atoms with Crippen molar-refractivity contribution in [1.29, 1.82) is 0 Å². The minimum Gasteiger partial charge on any atom is -0.456 e. The molecule has 0 spiro atoms. The highest BCUT2D eigenvalue weighted by Gasteiger charge is 2.04. The molecule has 0 amide bonds. The molecule has 0 aliphatic rings. The number of aliphatic imine (C=N–C) groups is 1. The van der Waals surface area contributed by atoms with E-state index in [1.807, 2.05) is 48.7 Å². The topological polar surface area (TPSA) is 26.5 Å². The quantitative estimate of drug-likeness (QED) is 0.477. The zero-order valence-corrected chi connectivity index (χ0v) is 15.4. The number of aryl methyl sites for hydroxylation is 1. The molecule has 3 rings (SSSR count). The van der Waals surface area contributed by atoms with Crippen molar-refractivity contribution < 1.29 is 4.74 Å². The Hall–Kier alpha value is -2.52. The Morgan fingerprint density at radius 1 is 1.08 bits per heavy atom. The molecule has 0 saturated heterocycles.